The molecule has 3 aromatic rings. The summed E-state index contributed by atoms with van der Waals surface area (Å²) in [4.78, 5) is 13.4. The van der Waals surface area contributed by atoms with Crippen molar-refractivity contribution in [3.63, 3.8) is 0 Å². The Morgan fingerprint density at radius 1 is 0.836 bits per heavy atom. The summed E-state index contributed by atoms with van der Waals surface area (Å²) in [5, 5.41) is 9.21. The average Bonchev–Trinajstić information content (AvgIpc) is 3.48. The molecule has 330 valence electrons. The number of carbonyl (C=O) groups is 1. The SMILES string of the molecule is CC1(C)C(=CC=C(C=CC2=[N+](CCC[N+](C)(C)C)c3ccc(S(C)(=O)=O)cc3C2(C)C)Oc2ccc(CCC(=O)O)cc2)N(CCC[N+](C)(C)C)c2ccc(S(=O)(=O)[O-])cc21. The van der Waals surface area contributed by atoms with Crippen LogP contribution in [0.25, 0.3) is 0 Å². The first-order valence-electron chi connectivity index (χ1n) is 20.7. The highest BCUT2D eigenvalue weighted by molar-refractivity contribution is 7.90. The van der Waals surface area contributed by atoms with Crippen LogP contribution < -0.4 is 9.64 Å². The van der Waals surface area contributed by atoms with E-state index in [-0.39, 0.29) is 16.2 Å². The molecule has 0 unspecified atom stereocenters. The molecule has 0 fully saturated rings. The number of anilines is 1. The maximum absolute atomic E-state index is 12.7. The fourth-order valence-corrected chi connectivity index (χ4v) is 9.28. The van der Waals surface area contributed by atoms with Crippen LogP contribution in [0.4, 0.5) is 11.4 Å². The number of hydrogen-bond donors (Lipinski definition) is 1. The molecule has 1 N–H and O–H groups in total. The number of allylic oxidation sites excluding steroid dienone is 5. The first kappa shape index (κ1) is 47.4. The van der Waals surface area contributed by atoms with Crippen molar-refractivity contribution >= 4 is 43.0 Å². The number of sulfone groups is 1. The Kier molecular flexibility index (Phi) is 13.7. The van der Waals surface area contributed by atoms with Crippen LogP contribution in [0.15, 0.2) is 106 Å². The van der Waals surface area contributed by atoms with Crippen molar-refractivity contribution in [2.24, 2.45) is 0 Å². The molecule has 3 aromatic carbocycles. The molecular formula is C47H64N4O8S2+2. The number of carboxylic acid groups (broad SMARTS) is 1. The number of fused-ring (bicyclic) bond motifs is 2. The molecule has 0 saturated carbocycles. The van der Waals surface area contributed by atoms with Crippen LogP contribution in [0.2, 0.25) is 0 Å². The van der Waals surface area contributed by atoms with E-state index < -0.39 is 36.8 Å². The summed E-state index contributed by atoms with van der Waals surface area (Å²) in [6, 6.07) is 17.3. The molecule has 12 nitrogen and oxygen atoms in total. The summed E-state index contributed by atoms with van der Waals surface area (Å²) in [5.74, 6) is 0.171. The van der Waals surface area contributed by atoms with E-state index in [0.717, 1.165) is 74.4 Å². The number of quaternary nitrogens is 2. The summed E-state index contributed by atoms with van der Waals surface area (Å²) >= 11 is 0. The zero-order chi connectivity index (χ0) is 45.3. The van der Waals surface area contributed by atoms with E-state index in [1.165, 1.54) is 18.4 Å². The van der Waals surface area contributed by atoms with E-state index in [4.69, 9.17) is 4.74 Å². The van der Waals surface area contributed by atoms with Crippen molar-refractivity contribution in [3.8, 4) is 5.75 Å². The Balaban J connectivity index is 1.65. The normalized spacial score (nSPS) is 17.3. The van der Waals surface area contributed by atoms with Gasteiger partial charge in [0.2, 0.25) is 5.69 Å². The molecule has 0 bridgehead atoms. The van der Waals surface area contributed by atoms with Gasteiger partial charge in [-0.1, -0.05) is 26.0 Å². The lowest BCUT2D eigenvalue weighted by atomic mass is 9.81. The lowest BCUT2D eigenvalue weighted by Gasteiger charge is -2.29. The first-order chi connectivity index (χ1) is 28.1. The van der Waals surface area contributed by atoms with Gasteiger partial charge in [0.25, 0.3) is 0 Å². The van der Waals surface area contributed by atoms with Crippen molar-refractivity contribution in [2.75, 3.05) is 79.6 Å². The summed E-state index contributed by atoms with van der Waals surface area (Å²) in [7, 11) is 4.75. The van der Waals surface area contributed by atoms with E-state index in [9.17, 15) is 31.3 Å². The number of ether oxygens (including phenoxy) is 1. The summed E-state index contributed by atoms with van der Waals surface area (Å²) in [5.41, 5.74) is 4.94. The molecule has 61 heavy (non-hydrogen) atoms. The van der Waals surface area contributed by atoms with E-state index in [1.807, 2.05) is 68.5 Å². The van der Waals surface area contributed by atoms with Crippen molar-refractivity contribution in [3.05, 3.63) is 113 Å². The van der Waals surface area contributed by atoms with Gasteiger partial charge in [-0.3, -0.25) is 4.79 Å². The molecule has 0 radical (unpaired) electrons. The van der Waals surface area contributed by atoms with Crippen LogP contribution in [-0.4, -0.2) is 126 Å². The molecule has 2 aliphatic rings. The van der Waals surface area contributed by atoms with Crippen LogP contribution in [0, 0.1) is 0 Å². The smallest absolute Gasteiger partial charge is 0.303 e. The minimum atomic E-state index is -4.69. The molecule has 5 rings (SSSR count). The zero-order valence-corrected chi connectivity index (χ0v) is 39.3. The van der Waals surface area contributed by atoms with E-state index in [0.29, 0.717) is 31.0 Å². The van der Waals surface area contributed by atoms with Gasteiger partial charge < -0.3 is 28.3 Å². The number of aryl methyl sites for hydroxylation is 1. The Morgan fingerprint density at radius 2 is 1.44 bits per heavy atom. The summed E-state index contributed by atoms with van der Waals surface area (Å²) in [6.45, 7) is 11.4. The summed E-state index contributed by atoms with van der Waals surface area (Å²) in [6.07, 6.45) is 11.2. The Labute approximate surface area is 363 Å². The second-order valence-electron chi connectivity index (χ2n) is 19.4. The number of aliphatic carboxylic acids is 1. The number of nitrogens with zero attached hydrogens (tertiary/aromatic N) is 4. The molecule has 14 heteroatoms. The van der Waals surface area contributed by atoms with Crippen LogP contribution in [-0.2, 0) is 42.0 Å². The number of carboxylic acids is 1. The first-order valence-corrected chi connectivity index (χ1v) is 24.0. The molecule has 0 atom stereocenters. The molecule has 0 aliphatic carbocycles. The second kappa shape index (κ2) is 17.6. The zero-order valence-electron chi connectivity index (χ0n) is 37.7. The minimum Gasteiger partial charge on any atom is -0.744 e. The van der Waals surface area contributed by atoms with Crippen molar-refractivity contribution < 1.29 is 49.6 Å². The molecule has 0 aromatic heterocycles. The Bertz CT molecular complexity index is 2500. The van der Waals surface area contributed by atoms with Crippen molar-refractivity contribution in [1.82, 2.24) is 0 Å². The van der Waals surface area contributed by atoms with Crippen LogP contribution in [0.3, 0.4) is 0 Å². The van der Waals surface area contributed by atoms with Gasteiger partial charge in [0, 0.05) is 60.1 Å². The quantitative estimate of drug-likeness (QED) is 0.0481. The third-order valence-corrected chi connectivity index (χ3v) is 13.4. The number of benzene rings is 3. The largest absolute Gasteiger partial charge is 0.744 e. The van der Waals surface area contributed by atoms with Gasteiger partial charge in [-0.05, 0) is 92.1 Å². The highest BCUT2D eigenvalue weighted by atomic mass is 32.2. The van der Waals surface area contributed by atoms with Gasteiger partial charge in [0.05, 0.1) is 77.0 Å². The van der Waals surface area contributed by atoms with E-state index in [2.05, 4.69) is 65.6 Å². The highest BCUT2D eigenvalue weighted by Crippen LogP contribution is 2.49. The number of rotatable bonds is 18. The third-order valence-electron chi connectivity index (χ3n) is 11.5. The molecule has 0 saturated heterocycles. The topological polar surface area (TPSA) is 144 Å². The van der Waals surface area contributed by atoms with Crippen molar-refractivity contribution in [1.29, 1.82) is 0 Å². The molecular weight excluding hydrogens is 813 g/mol. The average molecular weight is 877 g/mol. The summed E-state index contributed by atoms with van der Waals surface area (Å²) < 4.78 is 72.4. The standard InChI is InChI=1S/C47H63N4O8S2/c1-46(2)39-32-37(60(11,54)55)21-23-41(39)48(28-12-30-50(5,6)7)43(46)25-19-36(59-35-17-14-34(15-18-35)16-27-45(52)53)20-26-44-47(3,4)40-33-38(61(56,57)58)22-24-42(40)49(44)29-13-31-51(8,9)10/h14-15,17-26,32-33H,12-13,16,27-31H2,1-11H3/q+1/p+1. The minimum absolute atomic E-state index is 0.0150. The fourth-order valence-electron chi connectivity index (χ4n) is 8.14. The maximum atomic E-state index is 12.7. The molecule has 0 amide bonds. The van der Waals surface area contributed by atoms with Gasteiger partial charge in [0.15, 0.2) is 22.1 Å². The predicted molar refractivity (Wildman–Crippen MR) is 241 cm³/mol. The van der Waals surface area contributed by atoms with Crippen LogP contribution in [0.5, 0.6) is 5.75 Å². The Hall–Kier alpha value is -4.60. The lowest BCUT2D eigenvalue weighted by Crippen LogP contribution is -2.37. The van der Waals surface area contributed by atoms with E-state index in [1.54, 1.807) is 18.2 Å². The second-order valence-corrected chi connectivity index (χ2v) is 22.7. The van der Waals surface area contributed by atoms with Gasteiger partial charge in [-0.15, -0.1) is 0 Å². The van der Waals surface area contributed by atoms with E-state index >= 15 is 0 Å². The van der Waals surface area contributed by atoms with Crippen molar-refractivity contribution in [2.45, 2.75) is 74.0 Å². The number of hydrogen-bond acceptors (Lipinski definition) is 8. The van der Waals surface area contributed by atoms with Crippen LogP contribution >= 0.6 is 0 Å². The van der Waals surface area contributed by atoms with Gasteiger partial charge >= 0.3 is 5.97 Å². The third kappa shape index (κ3) is 11.7. The Morgan fingerprint density at radius 3 is 2.03 bits per heavy atom. The molecule has 2 heterocycles. The monoisotopic (exact) mass is 876 g/mol. The maximum Gasteiger partial charge on any atom is 0.303 e. The fraction of sp³-hybridized carbons (Fsp3) is 0.447. The van der Waals surface area contributed by atoms with Crippen LogP contribution in [0.1, 0.15) is 63.6 Å². The molecule has 0 spiro atoms. The molecule has 2 aliphatic heterocycles. The predicted octanol–water partition coefficient (Wildman–Crippen LogP) is 6.78. The lowest BCUT2D eigenvalue weighted by molar-refractivity contribution is -0.871. The van der Waals surface area contributed by atoms with Gasteiger partial charge in [-0.2, -0.15) is 4.58 Å². The van der Waals surface area contributed by atoms with Gasteiger partial charge in [-0.25, -0.2) is 16.8 Å². The van der Waals surface area contributed by atoms with Gasteiger partial charge in [0.1, 0.15) is 21.6 Å². The highest BCUT2D eigenvalue weighted by Gasteiger charge is 2.45.